The fourth-order valence-corrected chi connectivity index (χ4v) is 5.83. The van der Waals surface area contributed by atoms with Crippen molar-refractivity contribution in [2.75, 3.05) is 50.6 Å². The summed E-state index contributed by atoms with van der Waals surface area (Å²) in [6.07, 6.45) is 6.45. The van der Waals surface area contributed by atoms with Crippen LogP contribution < -0.4 is 10.2 Å². The Kier molecular flexibility index (Phi) is 6.04. The lowest BCUT2D eigenvalue weighted by molar-refractivity contribution is 0.00791. The Hall–Kier alpha value is -3.16. The van der Waals surface area contributed by atoms with Gasteiger partial charge in [0.2, 0.25) is 0 Å². The number of hydrogen-bond acceptors (Lipinski definition) is 6. The molecule has 4 aromatic rings. The summed E-state index contributed by atoms with van der Waals surface area (Å²) in [6, 6.07) is 16.3. The van der Waals surface area contributed by atoms with Gasteiger partial charge in [0.25, 0.3) is 0 Å². The predicted molar refractivity (Wildman–Crippen MR) is 143 cm³/mol. The van der Waals surface area contributed by atoms with E-state index in [-0.39, 0.29) is 0 Å². The third-order valence-electron chi connectivity index (χ3n) is 7.69. The van der Waals surface area contributed by atoms with Gasteiger partial charge in [-0.1, -0.05) is 24.3 Å². The largest absolute Gasteiger partial charge is 0.379 e. The van der Waals surface area contributed by atoms with E-state index in [9.17, 15) is 0 Å². The first-order valence-corrected chi connectivity index (χ1v) is 12.8. The fraction of sp³-hybridized carbons (Fsp3) is 0.429. The topological polar surface area (TPSA) is 69.3 Å². The number of morpholine rings is 1. The van der Waals surface area contributed by atoms with Crippen LogP contribution in [0.5, 0.6) is 0 Å². The Morgan fingerprint density at radius 2 is 1.80 bits per heavy atom. The minimum absolute atomic E-state index is 0.438. The molecule has 1 saturated heterocycles. The smallest absolute Gasteiger partial charge is 0.143 e. The Morgan fingerprint density at radius 1 is 1.00 bits per heavy atom. The number of rotatable bonds is 5. The molecule has 7 nitrogen and oxygen atoms in total. The first-order valence-electron chi connectivity index (χ1n) is 12.8. The van der Waals surface area contributed by atoms with Gasteiger partial charge in [0.15, 0.2) is 0 Å². The van der Waals surface area contributed by atoms with Gasteiger partial charge in [0.05, 0.1) is 18.6 Å². The first-order chi connectivity index (χ1) is 17.2. The number of hydrogen-bond donors (Lipinski definition) is 2. The monoisotopic (exact) mass is 470 g/mol. The number of aromatic amines is 1. The van der Waals surface area contributed by atoms with Gasteiger partial charge in [0, 0.05) is 61.4 Å². The molecule has 2 fully saturated rings. The second-order valence-electron chi connectivity index (χ2n) is 10.0. The van der Waals surface area contributed by atoms with Crippen LogP contribution in [-0.2, 0) is 4.74 Å². The number of benzene rings is 2. The van der Waals surface area contributed by atoms with E-state index >= 15 is 0 Å². The Labute approximate surface area is 206 Å². The standard InChI is InChI=1S/C28H34N6O/c1-33(2)25-6-4-3-5-22(25)19-7-12-24-23(17-19)26-27(29-18-30-28(26)32-24)31-20-8-10-21(11-9-20)34-13-15-35-16-14-34/h3-7,12,17-18,20-21H,8-11,13-16H2,1-2H3,(H2,29,30,31,32). The van der Waals surface area contributed by atoms with Gasteiger partial charge in [0.1, 0.15) is 17.8 Å². The molecule has 0 atom stereocenters. The van der Waals surface area contributed by atoms with Crippen molar-refractivity contribution in [2.45, 2.75) is 37.8 Å². The molecule has 6 rings (SSSR count). The SMILES string of the molecule is CN(C)c1ccccc1-c1ccc2[nH]c3ncnc(NC4CCC(N5CCOCC5)CC4)c3c2c1. The number of ether oxygens (including phenoxy) is 1. The Bertz CT molecular complexity index is 1320. The summed E-state index contributed by atoms with van der Waals surface area (Å²) in [4.78, 5) is 17.6. The second kappa shape index (κ2) is 9.47. The number of fused-ring (bicyclic) bond motifs is 3. The van der Waals surface area contributed by atoms with Crippen molar-refractivity contribution in [1.82, 2.24) is 19.9 Å². The molecule has 35 heavy (non-hydrogen) atoms. The highest BCUT2D eigenvalue weighted by Gasteiger charge is 2.27. The normalized spacial score (nSPS) is 21.4. The third-order valence-corrected chi connectivity index (χ3v) is 7.69. The molecule has 0 amide bonds. The van der Waals surface area contributed by atoms with Crippen LogP contribution in [0.4, 0.5) is 11.5 Å². The van der Waals surface area contributed by atoms with Gasteiger partial charge in [-0.25, -0.2) is 9.97 Å². The lowest BCUT2D eigenvalue weighted by atomic mass is 9.90. The molecule has 0 bridgehead atoms. The van der Waals surface area contributed by atoms with Crippen molar-refractivity contribution in [1.29, 1.82) is 0 Å². The van der Waals surface area contributed by atoms with Crippen LogP contribution in [0.15, 0.2) is 48.8 Å². The third kappa shape index (κ3) is 4.34. The molecule has 7 heteroatoms. The van der Waals surface area contributed by atoms with E-state index in [0.29, 0.717) is 12.1 Å². The second-order valence-corrected chi connectivity index (χ2v) is 10.0. The highest BCUT2D eigenvalue weighted by Crippen LogP contribution is 2.36. The zero-order valence-corrected chi connectivity index (χ0v) is 20.6. The summed E-state index contributed by atoms with van der Waals surface area (Å²) in [5.41, 5.74) is 5.60. The van der Waals surface area contributed by atoms with Crippen LogP contribution in [-0.4, -0.2) is 72.3 Å². The lowest BCUT2D eigenvalue weighted by Gasteiger charge is -2.39. The first kappa shape index (κ1) is 22.3. The van der Waals surface area contributed by atoms with Crippen LogP contribution in [0.2, 0.25) is 0 Å². The fourth-order valence-electron chi connectivity index (χ4n) is 5.83. The number of aromatic nitrogens is 3. The van der Waals surface area contributed by atoms with Gasteiger partial charge in [-0.2, -0.15) is 0 Å². The maximum atomic E-state index is 5.54. The Morgan fingerprint density at radius 3 is 2.60 bits per heavy atom. The molecule has 1 aliphatic heterocycles. The van der Waals surface area contributed by atoms with E-state index in [1.54, 1.807) is 6.33 Å². The van der Waals surface area contributed by atoms with E-state index in [1.807, 2.05) is 0 Å². The molecule has 2 aliphatic rings. The van der Waals surface area contributed by atoms with Crippen molar-refractivity contribution in [3.63, 3.8) is 0 Å². The predicted octanol–water partition coefficient (Wildman–Crippen LogP) is 4.90. The highest BCUT2D eigenvalue weighted by atomic mass is 16.5. The Balaban J connectivity index is 1.29. The average molecular weight is 471 g/mol. The lowest BCUT2D eigenvalue weighted by Crippen LogP contribution is -2.46. The van der Waals surface area contributed by atoms with Crippen molar-refractivity contribution >= 4 is 33.4 Å². The zero-order valence-electron chi connectivity index (χ0n) is 20.6. The molecule has 0 unspecified atom stereocenters. The molecule has 2 aromatic heterocycles. The van der Waals surface area contributed by atoms with Crippen molar-refractivity contribution in [3.05, 3.63) is 48.8 Å². The molecule has 2 aromatic carbocycles. The van der Waals surface area contributed by atoms with Crippen molar-refractivity contribution < 1.29 is 4.74 Å². The molecule has 0 spiro atoms. The van der Waals surface area contributed by atoms with Crippen molar-refractivity contribution in [2.24, 2.45) is 0 Å². The van der Waals surface area contributed by atoms with Crippen LogP contribution >= 0.6 is 0 Å². The van der Waals surface area contributed by atoms with Gasteiger partial charge in [-0.05, 0) is 49.4 Å². The van der Waals surface area contributed by atoms with Gasteiger partial charge >= 0.3 is 0 Å². The summed E-state index contributed by atoms with van der Waals surface area (Å²) >= 11 is 0. The molecule has 3 heterocycles. The van der Waals surface area contributed by atoms with E-state index in [0.717, 1.165) is 66.9 Å². The number of H-pyrrole nitrogens is 1. The summed E-state index contributed by atoms with van der Waals surface area (Å²) in [6.45, 7) is 3.89. The highest BCUT2D eigenvalue weighted by molar-refractivity contribution is 6.12. The minimum atomic E-state index is 0.438. The molecule has 182 valence electrons. The quantitative estimate of drug-likeness (QED) is 0.432. The van der Waals surface area contributed by atoms with E-state index in [4.69, 9.17) is 9.72 Å². The zero-order chi connectivity index (χ0) is 23.8. The van der Waals surface area contributed by atoms with Crippen molar-refractivity contribution in [3.8, 4) is 11.1 Å². The number of para-hydroxylation sites is 1. The number of anilines is 2. The number of nitrogens with zero attached hydrogens (tertiary/aromatic N) is 4. The maximum Gasteiger partial charge on any atom is 0.143 e. The minimum Gasteiger partial charge on any atom is -0.379 e. The maximum absolute atomic E-state index is 5.54. The van der Waals surface area contributed by atoms with E-state index in [1.165, 1.54) is 29.7 Å². The van der Waals surface area contributed by atoms with Crippen LogP contribution in [0.25, 0.3) is 33.1 Å². The summed E-state index contributed by atoms with van der Waals surface area (Å²) in [5.74, 6) is 0.939. The molecular formula is C28H34N6O. The molecule has 2 N–H and O–H groups in total. The van der Waals surface area contributed by atoms with Crippen LogP contribution in [0.3, 0.4) is 0 Å². The average Bonchev–Trinajstić information content (AvgIpc) is 3.28. The summed E-state index contributed by atoms with van der Waals surface area (Å²) in [7, 11) is 4.18. The molecule has 1 aliphatic carbocycles. The molecule has 0 radical (unpaired) electrons. The van der Waals surface area contributed by atoms with Gasteiger partial charge < -0.3 is 19.9 Å². The summed E-state index contributed by atoms with van der Waals surface area (Å²) in [5, 5.41) is 6.04. The van der Waals surface area contributed by atoms with Gasteiger partial charge in [-0.3, -0.25) is 4.90 Å². The van der Waals surface area contributed by atoms with Crippen LogP contribution in [0.1, 0.15) is 25.7 Å². The van der Waals surface area contributed by atoms with Gasteiger partial charge in [-0.15, -0.1) is 0 Å². The summed E-state index contributed by atoms with van der Waals surface area (Å²) < 4.78 is 5.54. The van der Waals surface area contributed by atoms with Crippen LogP contribution in [0, 0.1) is 0 Å². The van der Waals surface area contributed by atoms with E-state index in [2.05, 4.69) is 81.6 Å². The van der Waals surface area contributed by atoms with E-state index < -0.39 is 0 Å². The number of nitrogens with one attached hydrogen (secondary N) is 2. The molecule has 1 saturated carbocycles. The molecular weight excluding hydrogens is 436 g/mol.